The Morgan fingerprint density at radius 3 is 2.50 bits per heavy atom. The molecular weight excluding hydrogens is 308 g/mol. The summed E-state index contributed by atoms with van der Waals surface area (Å²) in [6.07, 6.45) is 0. The van der Waals surface area contributed by atoms with Gasteiger partial charge in [-0.25, -0.2) is 9.97 Å². The second-order valence-corrected chi connectivity index (χ2v) is 6.11. The molecule has 0 N–H and O–H groups in total. The lowest BCUT2D eigenvalue weighted by Gasteiger charge is -2.35. The van der Waals surface area contributed by atoms with Crippen molar-refractivity contribution in [3.63, 3.8) is 0 Å². The van der Waals surface area contributed by atoms with Crippen LogP contribution in [0.3, 0.4) is 0 Å². The van der Waals surface area contributed by atoms with Crippen LogP contribution in [0.25, 0.3) is 0 Å². The predicted octanol–water partition coefficient (Wildman–Crippen LogP) is 1.25. The summed E-state index contributed by atoms with van der Waals surface area (Å²) in [7, 11) is 1.62. The lowest BCUT2D eigenvalue weighted by molar-refractivity contribution is 0.174. The smallest absolute Gasteiger partial charge is 0.240 e. The molecule has 0 aliphatic carbocycles. The molecule has 2 aromatic rings. The van der Waals surface area contributed by atoms with E-state index >= 15 is 0 Å². The molecule has 1 aliphatic heterocycles. The number of aryl methyl sites for hydroxylation is 2. The second-order valence-electron chi connectivity index (χ2n) is 6.11. The fourth-order valence-electron chi connectivity index (χ4n) is 2.91. The van der Waals surface area contributed by atoms with E-state index in [0.29, 0.717) is 24.9 Å². The number of rotatable bonds is 5. The summed E-state index contributed by atoms with van der Waals surface area (Å²) in [6.45, 7) is 10.8. The molecule has 0 saturated carbocycles. The first-order valence-corrected chi connectivity index (χ1v) is 8.16. The van der Waals surface area contributed by atoms with Gasteiger partial charge in [0.25, 0.3) is 0 Å². The largest absolute Gasteiger partial charge is 0.377 e. The van der Waals surface area contributed by atoms with E-state index in [1.807, 2.05) is 13.8 Å². The number of hydrogen-bond donors (Lipinski definition) is 0. The minimum Gasteiger partial charge on any atom is -0.377 e. The van der Waals surface area contributed by atoms with E-state index in [-0.39, 0.29) is 0 Å². The lowest BCUT2D eigenvalue weighted by Crippen LogP contribution is -2.46. The lowest BCUT2D eigenvalue weighted by atomic mass is 10.2. The van der Waals surface area contributed by atoms with Gasteiger partial charge in [-0.1, -0.05) is 5.16 Å². The summed E-state index contributed by atoms with van der Waals surface area (Å²) < 4.78 is 10.3. The van der Waals surface area contributed by atoms with Crippen LogP contribution >= 0.6 is 0 Å². The highest BCUT2D eigenvalue weighted by Gasteiger charge is 2.22. The number of hydrogen-bond acceptors (Lipinski definition) is 8. The van der Waals surface area contributed by atoms with E-state index in [0.717, 1.165) is 49.1 Å². The number of aromatic nitrogens is 4. The average Bonchev–Trinajstić information content (AvgIpc) is 2.99. The zero-order valence-electron chi connectivity index (χ0n) is 14.7. The first-order chi connectivity index (χ1) is 11.6. The molecule has 3 heterocycles. The van der Waals surface area contributed by atoms with Gasteiger partial charge >= 0.3 is 0 Å². The molecule has 1 saturated heterocycles. The summed E-state index contributed by atoms with van der Waals surface area (Å²) in [5.74, 6) is 3.11. The van der Waals surface area contributed by atoms with Crippen molar-refractivity contribution in [3.8, 4) is 0 Å². The van der Waals surface area contributed by atoms with E-state index in [4.69, 9.17) is 9.26 Å². The van der Waals surface area contributed by atoms with Gasteiger partial charge in [-0.15, -0.1) is 0 Å². The molecule has 1 aliphatic rings. The van der Waals surface area contributed by atoms with Crippen molar-refractivity contribution in [1.82, 2.24) is 25.0 Å². The molecule has 8 heteroatoms. The first-order valence-electron chi connectivity index (χ1n) is 8.16. The monoisotopic (exact) mass is 332 g/mol. The van der Waals surface area contributed by atoms with Crippen LogP contribution in [0.1, 0.15) is 28.8 Å². The standard InChI is InChI=1S/C16H24N6O2/c1-11-12(2)17-13(3)18-16(11)22-7-5-21(6-8-22)9-15-19-14(10-23-4)20-24-15/h5-10H2,1-4H3. The number of nitrogens with zero attached hydrogens (tertiary/aromatic N) is 6. The summed E-state index contributed by atoms with van der Waals surface area (Å²) in [5.41, 5.74) is 2.21. The summed E-state index contributed by atoms with van der Waals surface area (Å²) in [6, 6.07) is 0. The van der Waals surface area contributed by atoms with Crippen LogP contribution in [0.15, 0.2) is 4.52 Å². The van der Waals surface area contributed by atoms with Crippen molar-refractivity contribution in [1.29, 1.82) is 0 Å². The fraction of sp³-hybridized carbons (Fsp3) is 0.625. The van der Waals surface area contributed by atoms with E-state index < -0.39 is 0 Å². The third kappa shape index (κ3) is 3.70. The molecule has 0 spiro atoms. The molecule has 0 radical (unpaired) electrons. The molecule has 0 amide bonds. The summed E-state index contributed by atoms with van der Waals surface area (Å²) >= 11 is 0. The van der Waals surface area contributed by atoms with Crippen LogP contribution in [-0.4, -0.2) is 58.3 Å². The summed E-state index contributed by atoms with van der Waals surface area (Å²) in [5, 5.41) is 3.90. The second kappa shape index (κ2) is 7.23. The van der Waals surface area contributed by atoms with E-state index in [9.17, 15) is 0 Å². The van der Waals surface area contributed by atoms with Gasteiger partial charge in [-0.3, -0.25) is 4.90 Å². The van der Waals surface area contributed by atoms with E-state index in [2.05, 4.69) is 36.8 Å². The average molecular weight is 332 g/mol. The quantitative estimate of drug-likeness (QED) is 0.809. The highest BCUT2D eigenvalue weighted by atomic mass is 16.5. The van der Waals surface area contributed by atoms with Crippen LogP contribution in [0.5, 0.6) is 0 Å². The molecule has 0 atom stereocenters. The minimum absolute atomic E-state index is 0.378. The Bertz CT molecular complexity index is 694. The van der Waals surface area contributed by atoms with Gasteiger partial charge in [0.1, 0.15) is 18.2 Å². The van der Waals surface area contributed by atoms with Crippen LogP contribution in [0, 0.1) is 20.8 Å². The van der Waals surface area contributed by atoms with Crippen molar-refractivity contribution >= 4 is 5.82 Å². The first kappa shape index (κ1) is 16.8. The van der Waals surface area contributed by atoms with Gasteiger partial charge in [0.15, 0.2) is 5.82 Å². The van der Waals surface area contributed by atoms with Crippen LogP contribution in [0.2, 0.25) is 0 Å². The van der Waals surface area contributed by atoms with E-state index in [1.54, 1.807) is 7.11 Å². The van der Waals surface area contributed by atoms with Gasteiger partial charge in [0.05, 0.1) is 6.54 Å². The SMILES string of the molecule is COCc1noc(CN2CCN(c3nc(C)nc(C)c3C)CC2)n1. The molecular formula is C16H24N6O2. The molecule has 3 rings (SSSR count). The molecule has 24 heavy (non-hydrogen) atoms. The van der Waals surface area contributed by atoms with Crippen LogP contribution in [0.4, 0.5) is 5.82 Å². The maximum Gasteiger partial charge on any atom is 0.240 e. The Morgan fingerprint density at radius 2 is 1.79 bits per heavy atom. The Balaban J connectivity index is 1.59. The Labute approximate surface area is 141 Å². The van der Waals surface area contributed by atoms with Crippen molar-refractivity contribution in [2.75, 3.05) is 38.2 Å². The fourth-order valence-corrected chi connectivity index (χ4v) is 2.91. The molecule has 1 fully saturated rings. The maximum atomic E-state index is 5.26. The molecule has 2 aromatic heterocycles. The topological polar surface area (TPSA) is 80.4 Å². The van der Waals surface area contributed by atoms with Gasteiger partial charge in [0.2, 0.25) is 5.89 Å². The molecule has 0 aromatic carbocycles. The van der Waals surface area contributed by atoms with Gasteiger partial charge in [0, 0.05) is 44.5 Å². The Morgan fingerprint density at radius 1 is 1.04 bits per heavy atom. The van der Waals surface area contributed by atoms with Crippen LogP contribution < -0.4 is 4.90 Å². The van der Waals surface area contributed by atoms with Crippen LogP contribution in [-0.2, 0) is 17.9 Å². The highest BCUT2D eigenvalue weighted by molar-refractivity contribution is 5.48. The van der Waals surface area contributed by atoms with Crippen molar-refractivity contribution < 1.29 is 9.26 Å². The third-order valence-corrected chi connectivity index (χ3v) is 4.29. The molecule has 0 unspecified atom stereocenters. The van der Waals surface area contributed by atoms with Gasteiger partial charge in [-0.2, -0.15) is 4.98 Å². The van der Waals surface area contributed by atoms with Gasteiger partial charge < -0.3 is 14.2 Å². The number of piperazine rings is 1. The van der Waals surface area contributed by atoms with Crippen molar-refractivity contribution in [3.05, 3.63) is 28.8 Å². The Kier molecular flexibility index (Phi) is 5.06. The van der Waals surface area contributed by atoms with Crippen molar-refractivity contribution in [2.45, 2.75) is 33.9 Å². The predicted molar refractivity (Wildman–Crippen MR) is 88.7 cm³/mol. The molecule has 0 bridgehead atoms. The number of ether oxygens (including phenoxy) is 1. The summed E-state index contributed by atoms with van der Waals surface area (Å²) in [4.78, 5) is 18.0. The van der Waals surface area contributed by atoms with E-state index in [1.165, 1.54) is 0 Å². The maximum absolute atomic E-state index is 5.26. The highest BCUT2D eigenvalue weighted by Crippen LogP contribution is 2.21. The number of anilines is 1. The zero-order valence-corrected chi connectivity index (χ0v) is 14.7. The zero-order chi connectivity index (χ0) is 17.1. The third-order valence-electron chi connectivity index (χ3n) is 4.29. The van der Waals surface area contributed by atoms with Crippen molar-refractivity contribution in [2.24, 2.45) is 0 Å². The minimum atomic E-state index is 0.378. The molecule has 130 valence electrons. The Hall–Kier alpha value is -2.06. The van der Waals surface area contributed by atoms with Gasteiger partial charge in [-0.05, 0) is 20.8 Å². The molecule has 8 nitrogen and oxygen atoms in total. The number of methoxy groups -OCH3 is 1. The normalized spacial score (nSPS) is 15.9.